The van der Waals surface area contributed by atoms with Crippen LogP contribution >= 0.6 is 0 Å². The van der Waals surface area contributed by atoms with E-state index in [-0.39, 0.29) is 4.90 Å². The van der Waals surface area contributed by atoms with Gasteiger partial charge in [0, 0.05) is 5.56 Å². The van der Waals surface area contributed by atoms with Gasteiger partial charge in [-0.1, -0.05) is 78.4 Å². The molecule has 0 saturated heterocycles. The van der Waals surface area contributed by atoms with Crippen molar-refractivity contribution < 1.29 is 13.0 Å². The number of benzene rings is 4. The van der Waals surface area contributed by atoms with E-state index in [1.165, 1.54) is 22.3 Å². The Kier molecular flexibility index (Phi) is 5.76. The van der Waals surface area contributed by atoms with E-state index in [1.807, 2.05) is 61.5 Å². The minimum absolute atomic E-state index is 0.0899. The maximum Gasteiger partial charge on any atom is 0.295 e. The van der Waals surface area contributed by atoms with E-state index in [0.717, 1.165) is 27.8 Å². The van der Waals surface area contributed by atoms with Gasteiger partial charge in [-0.3, -0.25) is 4.55 Å². The van der Waals surface area contributed by atoms with Gasteiger partial charge in [-0.2, -0.15) is 8.42 Å². The molecule has 4 aromatic rings. The molecule has 1 N–H and O–H groups in total. The molecular formula is C28H26O3S. The van der Waals surface area contributed by atoms with Crippen molar-refractivity contribution in [3.8, 4) is 33.4 Å². The van der Waals surface area contributed by atoms with Crippen molar-refractivity contribution in [1.29, 1.82) is 0 Å². The third-order valence-electron chi connectivity index (χ3n) is 5.99. The molecule has 4 heteroatoms. The van der Waals surface area contributed by atoms with E-state index in [1.54, 1.807) is 12.1 Å². The fraction of sp³-hybridized carbons (Fsp3) is 0.143. The molecule has 0 amide bonds. The standard InChI is InChI=1S/C28H26O3S/c1-18-5-7-23(8-6-18)26-14-13-25(17-28(26)32(29,30)31)22-9-11-24(12-10-22)27-16-20(3)19(2)15-21(27)4/h5-17H,1-4H3,(H,29,30,31). The molecule has 4 rings (SSSR count). The second-order valence-corrected chi connectivity index (χ2v) is 9.77. The molecule has 0 spiro atoms. The minimum Gasteiger partial charge on any atom is -0.282 e. The number of hydrogen-bond acceptors (Lipinski definition) is 2. The first-order chi connectivity index (χ1) is 15.1. The summed E-state index contributed by atoms with van der Waals surface area (Å²) in [7, 11) is -4.39. The third-order valence-corrected chi connectivity index (χ3v) is 6.89. The summed E-state index contributed by atoms with van der Waals surface area (Å²) >= 11 is 0. The fourth-order valence-electron chi connectivity index (χ4n) is 4.00. The molecule has 0 aromatic heterocycles. The van der Waals surface area contributed by atoms with Crippen LogP contribution < -0.4 is 0 Å². The van der Waals surface area contributed by atoms with Crippen LogP contribution in [-0.4, -0.2) is 13.0 Å². The van der Waals surface area contributed by atoms with E-state index >= 15 is 0 Å². The molecule has 32 heavy (non-hydrogen) atoms. The first-order valence-electron chi connectivity index (χ1n) is 10.5. The van der Waals surface area contributed by atoms with E-state index < -0.39 is 10.1 Å². The molecule has 0 radical (unpaired) electrons. The first-order valence-corrected chi connectivity index (χ1v) is 11.9. The Labute approximate surface area is 190 Å². The SMILES string of the molecule is Cc1ccc(-c2ccc(-c3ccc(-c4cc(C)c(C)cc4C)cc3)cc2S(=O)(=O)O)cc1. The predicted molar refractivity (Wildman–Crippen MR) is 132 cm³/mol. The Morgan fingerprint density at radius 3 is 1.66 bits per heavy atom. The van der Waals surface area contributed by atoms with Gasteiger partial charge in [0.15, 0.2) is 0 Å². The Hall–Kier alpha value is -3.21. The van der Waals surface area contributed by atoms with Crippen LogP contribution in [0.15, 0.2) is 83.8 Å². The summed E-state index contributed by atoms with van der Waals surface area (Å²) < 4.78 is 34.2. The van der Waals surface area contributed by atoms with Gasteiger partial charge in [-0.05, 0) is 78.3 Å². The summed E-state index contributed by atoms with van der Waals surface area (Å²) in [4.78, 5) is -0.0899. The lowest BCUT2D eigenvalue weighted by Gasteiger charge is -2.13. The minimum atomic E-state index is -4.39. The van der Waals surface area contributed by atoms with Crippen LogP contribution in [0.4, 0.5) is 0 Å². The molecule has 162 valence electrons. The topological polar surface area (TPSA) is 54.4 Å². The van der Waals surface area contributed by atoms with Crippen LogP contribution in [-0.2, 0) is 10.1 Å². The van der Waals surface area contributed by atoms with Crippen molar-refractivity contribution in [3.05, 3.63) is 101 Å². The van der Waals surface area contributed by atoms with Gasteiger partial charge >= 0.3 is 0 Å². The van der Waals surface area contributed by atoms with Gasteiger partial charge in [0.1, 0.15) is 4.90 Å². The molecule has 0 aliphatic carbocycles. The van der Waals surface area contributed by atoms with E-state index in [9.17, 15) is 13.0 Å². The van der Waals surface area contributed by atoms with Gasteiger partial charge in [0.25, 0.3) is 10.1 Å². The number of aryl methyl sites for hydroxylation is 4. The normalized spacial score (nSPS) is 11.5. The monoisotopic (exact) mass is 442 g/mol. The van der Waals surface area contributed by atoms with Gasteiger partial charge in [-0.25, -0.2) is 0 Å². The second-order valence-electron chi connectivity index (χ2n) is 8.38. The van der Waals surface area contributed by atoms with Crippen LogP contribution in [0.3, 0.4) is 0 Å². The summed E-state index contributed by atoms with van der Waals surface area (Å²) in [5.74, 6) is 0. The highest BCUT2D eigenvalue weighted by Gasteiger charge is 2.18. The van der Waals surface area contributed by atoms with Gasteiger partial charge < -0.3 is 0 Å². The van der Waals surface area contributed by atoms with Crippen molar-refractivity contribution >= 4 is 10.1 Å². The number of rotatable bonds is 4. The molecule has 3 nitrogen and oxygen atoms in total. The smallest absolute Gasteiger partial charge is 0.282 e. The highest BCUT2D eigenvalue weighted by molar-refractivity contribution is 7.86. The van der Waals surface area contributed by atoms with Crippen LogP contribution in [0.25, 0.3) is 33.4 Å². The lowest BCUT2D eigenvalue weighted by Crippen LogP contribution is -2.01. The Balaban J connectivity index is 1.76. The maximum atomic E-state index is 12.2. The summed E-state index contributed by atoms with van der Waals surface area (Å²) in [5.41, 5.74) is 9.97. The summed E-state index contributed by atoms with van der Waals surface area (Å²) in [6.45, 7) is 8.30. The van der Waals surface area contributed by atoms with Crippen LogP contribution in [0, 0.1) is 27.7 Å². The van der Waals surface area contributed by atoms with Crippen LogP contribution in [0.5, 0.6) is 0 Å². The summed E-state index contributed by atoms with van der Waals surface area (Å²) in [6.07, 6.45) is 0. The fourth-order valence-corrected chi connectivity index (χ4v) is 4.74. The lowest BCUT2D eigenvalue weighted by molar-refractivity contribution is 0.483. The highest BCUT2D eigenvalue weighted by Crippen LogP contribution is 2.33. The zero-order chi connectivity index (χ0) is 23.0. The van der Waals surface area contributed by atoms with E-state index in [0.29, 0.717) is 5.56 Å². The molecule has 0 aliphatic rings. The summed E-state index contributed by atoms with van der Waals surface area (Å²) in [5, 5.41) is 0. The second kappa shape index (κ2) is 8.38. The lowest BCUT2D eigenvalue weighted by atomic mass is 9.94. The molecule has 4 aromatic carbocycles. The molecular weight excluding hydrogens is 416 g/mol. The molecule has 0 fully saturated rings. The average molecular weight is 443 g/mol. The molecule has 0 bridgehead atoms. The van der Waals surface area contributed by atoms with E-state index in [2.05, 4.69) is 32.9 Å². The first kappa shape index (κ1) is 22.0. The molecule has 0 atom stereocenters. The Morgan fingerprint density at radius 1 is 0.531 bits per heavy atom. The maximum absolute atomic E-state index is 12.2. The number of hydrogen-bond donors (Lipinski definition) is 1. The van der Waals surface area contributed by atoms with Crippen molar-refractivity contribution in [1.82, 2.24) is 0 Å². The zero-order valence-electron chi connectivity index (χ0n) is 18.7. The van der Waals surface area contributed by atoms with Crippen molar-refractivity contribution in [3.63, 3.8) is 0 Å². The molecule has 0 aliphatic heterocycles. The highest BCUT2D eigenvalue weighted by atomic mass is 32.2. The summed E-state index contributed by atoms with van der Waals surface area (Å²) in [6, 6.07) is 25.2. The van der Waals surface area contributed by atoms with Crippen molar-refractivity contribution in [2.24, 2.45) is 0 Å². The Bertz CT molecular complexity index is 1400. The molecule has 0 unspecified atom stereocenters. The molecule has 0 heterocycles. The van der Waals surface area contributed by atoms with E-state index in [4.69, 9.17) is 0 Å². The van der Waals surface area contributed by atoms with Crippen LogP contribution in [0.2, 0.25) is 0 Å². The quantitative estimate of drug-likeness (QED) is 0.341. The Morgan fingerprint density at radius 2 is 1.03 bits per heavy atom. The third kappa shape index (κ3) is 4.38. The van der Waals surface area contributed by atoms with Gasteiger partial charge in [0.2, 0.25) is 0 Å². The predicted octanol–water partition coefficient (Wildman–Crippen LogP) is 7.17. The van der Waals surface area contributed by atoms with Gasteiger partial charge in [0.05, 0.1) is 0 Å². The zero-order valence-corrected chi connectivity index (χ0v) is 19.5. The van der Waals surface area contributed by atoms with Crippen molar-refractivity contribution in [2.75, 3.05) is 0 Å². The van der Waals surface area contributed by atoms with Gasteiger partial charge in [-0.15, -0.1) is 0 Å². The largest absolute Gasteiger partial charge is 0.295 e. The van der Waals surface area contributed by atoms with Crippen LogP contribution in [0.1, 0.15) is 22.3 Å². The molecule has 0 saturated carbocycles. The average Bonchev–Trinajstić information content (AvgIpc) is 2.76. The van der Waals surface area contributed by atoms with Crippen molar-refractivity contribution in [2.45, 2.75) is 32.6 Å².